The van der Waals surface area contributed by atoms with Gasteiger partial charge in [0.25, 0.3) is 0 Å². The molecule has 2 aliphatic rings. The van der Waals surface area contributed by atoms with Crippen molar-refractivity contribution in [3.05, 3.63) is 23.9 Å². The highest BCUT2D eigenvalue weighted by Crippen LogP contribution is 2.38. The Morgan fingerprint density at radius 1 is 1.40 bits per heavy atom. The number of nitrogens with two attached hydrogens (primary N) is 1. The minimum absolute atomic E-state index is 0.0184. The zero-order valence-corrected chi connectivity index (χ0v) is 10.7. The van der Waals surface area contributed by atoms with Crippen molar-refractivity contribution in [1.82, 2.24) is 4.98 Å². The summed E-state index contributed by atoms with van der Waals surface area (Å²) in [5.74, 6) is 0.486. The molecule has 0 aromatic carbocycles. The number of ether oxygens (including phenoxy) is 1. The summed E-state index contributed by atoms with van der Waals surface area (Å²) >= 11 is 0. The van der Waals surface area contributed by atoms with Gasteiger partial charge in [-0.05, 0) is 25.0 Å². The third kappa shape index (κ3) is 2.35. The van der Waals surface area contributed by atoms with Gasteiger partial charge in [-0.1, -0.05) is 0 Å². The largest absolute Gasteiger partial charge is 0.416 e. The van der Waals surface area contributed by atoms with Crippen LogP contribution in [0, 0.1) is 5.92 Å². The van der Waals surface area contributed by atoms with Gasteiger partial charge < -0.3 is 15.8 Å². The van der Waals surface area contributed by atoms with Crippen LogP contribution in [0.4, 0.5) is 19.0 Å². The SMILES string of the molecule is NC1C2CCCOC2C1Nc1cc(C(F)(F)F)ccn1. The van der Waals surface area contributed by atoms with Crippen LogP contribution in [-0.4, -0.2) is 29.8 Å². The maximum Gasteiger partial charge on any atom is 0.416 e. The van der Waals surface area contributed by atoms with E-state index in [0.29, 0.717) is 12.5 Å². The molecule has 3 rings (SSSR count). The fourth-order valence-corrected chi connectivity index (χ4v) is 2.98. The Morgan fingerprint density at radius 2 is 2.20 bits per heavy atom. The Hall–Kier alpha value is -1.34. The summed E-state index contributed by atoms with van der Waals surface area (Å²) in [4.78, 5) is 3.92. The molecule has 2 heterocycles. The lowest BCUT2D eigenvalue weighted by Crippen LogP contribution is -2.69. The highest BCUT2D eigenvalue weighted by molar-refractivity contribution is 5.41. The van der Waals surface area contributed by atoms with Crippen molar-refractivity contribution >= 4 is 5.82 Å². The highest BCUT2D eigenvalue weighted by atomic mass is 19.4. The number of fused-ring (bicyclic) bond motifs is 1. The first kappa shape index (κ1) is 13.6. The molecule has 1 aliphatic heterocycles. The van der Waals surface area contributed by atoms with Crippen LogP contribution in [0.5, 0.6) is 0 Å². The van der Waals surface area contributed by atoms with Gasteiger partial charge in [-0.15, -0.1) is 0 Å². The highest BCUT2D eigenvalue weighted by Gasteiger charge is 2.50. The number of alkyl halides is 3. The normalized spacial score (nSPS) is 33.2. The molecule has 1 aromatic heterocycles. The number of hydrogen-bond acceptors (Lipinski definition) is 4. The van der Waals surface area contributed by atoms with Crippen LogP contribution in [0.2, 0.25) is 0 Å². The third-order valence-corrected chi connectivity index (χ3v) is 4.08. The van der Waals surface area contributed by atoms with E-state index in [1.165, 1.54) is 0 Å². The van der Waals surface area contributed by atoms with Gasteiger partial charge in [0.05, 0.1) is 17.7 Å². The van der Waals surface area contributed by atoms with E-state index in [0.717, 1.165) is 31.2 Å². The Morgan fingerprint density at radius 3 is 2.95 bits per heavy atom. The number of nitrogens with zero attached hydrogens (tertiary/aromatic N) is 1. The zero-order valence-electron chi connectivity index (χ0n) is 10.7. The van der Waals surface area contributed by atoms with E-state index >= 15 is 0 Å². The van der Waals surface area contributed by atoms with Crippen LogP contribution in [0.3, 0.4) is 0 Å². The van der Waals surface area contributed by atoms with Gasteiger partial charge in [0.15, 0.2) is 0 Å². The predicted molar refractivity (Wildman–Crippen MR) is 67.1 cm³/mol. The average Bonchev–Trinajstić information content (AvgIpc) is 2.44. The maximum absolute atomic E-state index is 12.6. The molecule has 2 fully saturated rings. The van der Waals surface area contributed by atoms with Crippen molar-refractivity contribution in [1.29, 1.82) is 0 Å². The van der Waals surface area contributed by atoms with E-state index in [9.17, 15) is 13.2 Å². The van der Waals surface area contributed by atoms with Crippen LogP contribution in [0.1, 0.15) is 18.4 Å². The van der Waals surface area contributed by atoms with Crippen LogP contribution < -0.4 is 11.1 Å². The van der Waals surface area contributed by atoms with E-state index in [1.807, 2.05) is 0 Å². The molecule has 110 valence electrons. The second kappa shape index (κ2) is 4.89. The molecule has 0 spiro atoms. The van der Waals surface area contributed by atoms with Crippen LogP contribution in [0.25, 0.3) is 0 Å². The first-order chi connectivity index (χ1) is 9.47. The smallest absolute Gasteiger partial charge is 0.376 e. The van der Waals surface area contributed by atoms with E-state index in [2.05, 4.69) is 10.3 Å². The summed E-state index contributed by atoms with van der Waals surface area (Å²) in [5.41, 5.74) is 5.34. The summed E-state index contributed by atoms with van der Waals surface area (Å²) in [6.45, 7) is 0.683. The number of aromatic nitrogens is 1. The van der Waals surface area contributed by atoms with Crippen molar-refractivity contribution < 1.29 is 17.9 Å². The number of anilines is 1. The van der Waals surface area contributed by atoms with Crippen molar-refractivity contribution in [2.45, 2.75) is 37.2 Å². The van der Waals surface area contributed by atoms with Gasteiger partial charge in [0.1, 0.15) is 5.82 Å². The standard InChI is InChI=1S/C13H16F3N3O/c14-13(15,16)7-3-4-18-9(6-7)19-11-10(17)8-2-1-5-20-12(8)11/h3-4,6,8,10-12H,1-2,5,17H2,(H,18,19). The molecule has 1 aliphatic carbocycles. The van der Waals surface area contributed by atoms with Gasteiger partial charge in [0, 0.05) is 24.8 Å². The van der Waals surface area contributed by atoms with Crippen LogP contribution in [-0.2, 0) is 10.9 Å². The first-order valence-electron chi connectivity index (χ1n) is 6.64. The molecule has 4 nitrogen and oxygen atoms in total. The lowest BCUT2D eigenvalue weighted by molar-refractivity contribution is -0.137. The van der Waals surface area contributed by atoms with Gasteiger partial charge in [-0.25, -0.2) is 4.98 Å². The molecule has 4 atom stereocenters. The Balaban J connectivity index is 1.72. The topological polar surface area (TPSA) is 60.2 Å². The molecule has 0 bridgehead atoms. The average molecular weight is 287 g/mol. The Kier molecular flexibility index (Phi) is 3.33. The molecule has 20 heavy (non-hydrogen) atoms. The van der Waals surface area contributed by atoms with Gasteiger partial charge in [-0.3, -0.25) is 0 Å². The fourth-order valence-electron chi connectivity index (χ4n) is 2.98. The summed E-state index contributed by atoms with van der Waals surface area (Å²) in [5, 5.41) is 2.98. The number of pyridine rings is 1. The van der Waals surface area contributed by atoms with Gasteiger partial charge >= 0.3 is 6.18 Å². The minimum Gasteiger partial charge on any atom is -0.376 e. The summed E-state index contributed by atoms with van der Waals surface area (Å²) in [6, 6.07) is 1.68. The quantitative estimate of drug-likeness (QED) is 0.873. The maximum atomic E-state index is 12.6. The zero-order chi connectivity index (χ0) is 14.3. The van der Waals surface area contributed by atoms with E-state index in [-0.39, 0.29) is 24.0 Å². The third-order valence-electron chi connectivity index (χ3n) is 4.08. The van der Waals surface area contributed by atoms with Crippen molar-refractivity contribution in [2.75, 3.05) is 11.9 Å². The minimum atomic E-state index is -4.37. The molecule has 4 unspecified atom stereocenters. The predicted octanol–water partition coefficient (Wildman–Crippen LogP) is 2.02. The number of halogens is 3. The van der Waals surface area contributed by atoms with Gasteiger partial charge in [-0.2, -0.15) is 13.2 Å². The summed E-state index contributed by atoms with van der Waals surface area (Å²) < 4.78 is 43.6. The number of hydrogen-bond donors (Lipinski definition) is 2. The van der Waals surface area contributed by atoms with E-state index < -0.39 is 11.7 Å². The second-order valence-electron chi connectivity index (χ2n) is 5.32. The van der Waals surface area contributed by atoms with E-state index in [4.69, 9.17) is 10.5 Å². The van der Waals surface area contributed by atoms with E-state index in [1.54, 1.807) is 0 Å². The molecule has 1 saturated carbocycles. The molecule has 0 amide bonds. The van der Waals surface area contributed by atoms with Gasteiger partial charge in [0.2, 0.25) is 0 Å². The molecule has 1 saturated heterocycles. The number of nitrogens with one attached hydrogen (secondary N) is 1. The Labute approximate surface area is 114 Å². The monoisotopic (exact) mass is 287 g/mol. The molecule has 1 aromatic rings. The lowest BCUT2D eigenvalue weighted by atomic mass is 9.68. The fraction of sp³-hybridized carbons (Fsp3) is 0.615. The number of rotatable bonds is 2. The molecule has 0 radical (unpaired) electrons. The Bertz CT molecular complexity index is 494. The molecular formula is C13H16F3N3O. The first-order valence-corrected chi connectivity index (χ1v) is 6.64. The van der Waals surface area contributed by atoms with Crippen LogP contribution in [0.15, 0.2) is 18.3 Å². The second-order valence-corrected chi connectivity index (χ2v) is 5.32. The summed E-state index contributed by atoms with van der Waals surface area (Å²) in [7, 11) is 0. The molecule has 7 heteroatoms. The lowest BCUT2D eigenvalue weighted by Gasteiger charge is -2.52. The molecule has 3 N–H and O–H groups in total. The summed E-state index contributed by atoms with van der Waals surface area (Å²) in [6.07, 6.45) is -1.24. The van der Waals surface area contributed by atoms with Crippen LogP contribution >= 0.6 is 0 Å². The molecular weight excluding hydrogens is 271 g/mol. The van der Waals surface area contributed by atoms with Crippen molar-refractivity contribution in [3.8, 4) is 0 Å². The van der Waals surface area contributed by atoms with Crippen molar-refractivity contribution in [3.63, 3.8) is 0 Å². The van der Waals surface area contributed by atoms with Crippen molar-refractivity contribution in [2.24, 2.45) is 11.7 Å².